The van der Waals surface area contributed by atoms with Gasteiger partial charge in [-0.3, -0.25) is 10.1 Å². The quantitative estimate of drug-likeness (QED) is 0.0401. The minimum atomic E-state index is -0.462. The molecule has 46 heavy (non-hydrogen) atoms. The average Bonchev–Trinajstić information content (AvgIpc) is 3.06. The topological polar surface area (TPSA) is 95.5 Å². The van der Waals surface area contributed by atoms with Crippen molar-refractivity contribution in [3.05, 3.63) is 87.5 Å². The number of benzene rings is 3. The molecule has 4 rings (SSSR count). The summed E-state index contributed by atoms with van der Waals surface area (Å²) >= 11 is 0. The minimum Gasteiger partial charge on any atom is -0.423 e. The summed E-state index contributed by atoms with van der Waals surface area (Å²) in [6.45, 7) is 6.54. The summed E-state index contributed by atoms with van der Waals surface area (Å²) in [5.41, 5.74) is 10.5. The summed E-state index contributed by atoms with van der Waals surface area (Å²) in [4.78, 5) is 24.6. The molecule has 2 N–H and O–H groups in total. The van der Waals surface area contributed by atoms with Crippen molar-refractivity contribution in [2.24, 2.45) is 11.8 Å². The predicted molar refractivity (Wildman–Crippen MR) is 189 cm³/mol. The number of esters is 1. The lowest BCUT2D eigenvalue weighted by Gasteiger charge is -2.28. The molecule has 6 nitrogen and oxygen atoms in total. The highest BCUT2D eigenvalue weighted by atomic mass is 16.6. The fourth-order valence-electron chi connectivity index (χ4n) is 7.00. The maximum Gasteiger partial charge on any atom is 0.343 e. The molecule has 1 atom stereocenters. The van der Waals surface area contributed by atoms with Gasteiger partial charge in [0.05, 0.1) is 16.1 Å². The third-order valence-corrected chi connectivity index (χ3v) is 10.0. The number of rotatable bonds is 17. The number of nitrogen functional groups attached to an aromatic ring is 1. The number of nitrogens with zero attached hydrogens (tertiary/aromatic N) is 1. The van der Waals surface area contributed by atoms with Crippen LogP contribution in [0.15, 0.2) is 60.7 Å². The van der Waals surface area contributed by atoms with Crippen molar-refractivity contribution in [1.29, 1.82) is 0 Å². The van der Waals surface area contributed by atoms with E-state index in [4.69, 9.17) is 10.5 Å². The van der Waals surface area contributed by atoms with E-state index in [-0.39, 0.29) is 16.5 Å². The van der Waals surface area contributed by atoms with Gasteiger partial charge in [0.2, 0.25) is 0 Å². The highest BCUT2D eigenvalue weighted by Gasteiger charge is 2.23. The molecule has 1 saturated carbocycles. The Morgan fingerprint density at radius 3 is 2.13 bits per heavy atom. The largest absolute Gasteiger partial charge is 0.423 e. The van der Waals surface area contributed by atoms with Gasteiger partial charge in [-0.05, 0) is 84.0 Å². The van der Waals surface area contributed by atoms with E-state index < -0.39 is 5.97 Å². The molecule has 0 bridgehead atoms. The van der Waals surface area contributed by atoms with Gasteiger partial charge in [-0.25, -0.2) is 4.79 Å². The first-order chi connectivity index (χ1) is 22.3. The number of carbonyl (C=O) groups excluding carboxylic acids is 1. The van der Waals surface area contributed by atoms with Gasteiger partial charge < -0.3 is 10.5 Å². The van der Waals surface area contributed by atoms with E-state index in [2.05, 4.69) is 32.9 Å². The van der Waals surface area contributed by atoms with Gasteiger partial charge in [-0.1, -0.05) is 122 Å². The molecular weight excluding hydrogens is 572 g/mol. The lowest BCUT2D eigenvalue weighted by Crippen LogP contribution is -2.15. The maximum absolute atomic E-state index is 12.9. The number of nitro benzene ring substituents is 1. The van der Waals surface area contributed by atoms with Crippen molar-refractivity contribution in [1.82, 2.24) is 0 Å². The standard InChI is InChI=1S/C40H54N2O4/c1-4-6-8-10-11-29(3)36-28-39(42(44)45)37(27-38(36)41)33-21-23-34(24-22-33)40(43)46-35-25-19-32(20-26-35)18-17-31-15-13-30(14-16-31)12-9-7-5-2/h19-31H,4-18,41H2,1-3H3/t29-,30-,31-/m1/s1. The van der Waals surface area contributed by atoms with Gasteiger partial charge in [0, 0.05) is 11.8 Å². The van der Waals surface area contributed by atoms with E-state index >= 15 is 0 Å². The zero-order chi connectivity index (χ0) is 32.9. The van der Waals surface area contributed by atoms with Crippen LogP contribution >= 0.6 is 0 Å². The van der Waals surface area contributed by atoms with Gasteiger partial charge in [-0.2, -0.15) is 0 Å². The summed E-state index contributed by atoms with van der Waals surface area (Å²) in [6.07, 6.45) is 18.8. The Kier molecular flexibility index (Phi) is 13.7. The van der Waals surface area contributed by atoms with E-state index in [1.165, 1.54) is 76.2 Å². The number of hydrogen-bond acceptors (Lipinski definition) is 5. The monoisotopic (exact) mass is 626 g/mol. The third-order valence-electron chi connectivity index (χ3n) is 10.0. The number of anilines is 1. The molecule has 0 heterocycles. The molecule has 0 spiro atoms. The molecule has 6 heteroatoms. The van der Waals surface area contributed by atoms with Crippen LogP contribution in [-0.2, 0) is 6.42 Å². The van der Waals surface area contributed by atoms with Crippen LogP contribution in [0.25, 0.3) is 11.1 Å². The first-order valence-corrected chi connectivity index (χ1v) is 17.8. The van der Waals surface area contributed by atoms with Crippen molar-refractivity contribution < 1.29 is 14.5 Å². The van der Waals surface area contributed by atoms with Crippen LogP contribution in [0.1, 0.15) is 138 Å². The predicted octanol–water partition coefficient (Wildman–Crippen LogP) is 11.5. The molecule has 248 valence electrons. The van der Waals surface area contributed by atoms with Crippen molar-refractivity contribution in [3.8, 4) is 16.9 Å². The molecule has 0 amide bonds. The fraction of sp³-hybridized carbons (Fsp3) is 0.525. The summed E-state index contributed by atoms with van der Waals surface area (Å²) in [5, 5.41) is 12.0. The first-order valence-electron chi connectivity index (χ1n) is 17.8. The van der Waals surface area contributed by atoms with Crippen molar-refractivity contribution in [2.45, 2.75) is 123 Å². The second kappa shape index (κ2) is 17.9. The smallest absolute Gasteiger partial charge is 0.343 e. The second-order valence-corrected chi connectivity index (χ2v) is 13.5. The van der Waals surface area contributed by atoms with Gasteiger partial charge in [0.25, 0.3) is 5.69 Å². The van der Waals surface area contributed by atoms with E-state index in [0.717, 1.165) is 43.1 Å². The van der Waals surface area contributed by atoms with Crippen LogP contribution in [0.2, 0.25) is 0 Å². The lowest BCUT2D eigenvalue weighted by atomic mass is 9.78. The number of aryl methyl sites for hydroxylation is 1. The number of unbranched alkanes of at least 4 members (excludes halogenated alkanes) is 5. The Balaban J connectivity index is 1.31. The highest BCUT2D eigenvalue weighted by molar-refractivity contribution is 5.92. The lowest BCUT2D eigenvalue weighted by molar-refractivity contribution is -0.384. The minimum absolute atomic E-state index is 0.0233. The van der Waals surface area contributed by atoms with Crippen LogP contribution in [0.5, 0.6) is 5.75 Å². The van der Waals surface area contributed by atoms with E-state index in [9.17, 15) is 14.9 Å². The molecule has 3 aromatic carbocycles. The summed E-state index contributed by atoms with van der Waals surface area (Å²) in [6, 6.07) is 17.9. The summed E-state index contributed by atoms with van der Waals surface area (Å²) < 4.78 is 5.65. The molecule has 1 fully saturated rings. The first kappa shape index (κ1) is 35.2. The van der Waals surface area contributed by atoms with Crippen molar-refractivity contribution in [2.75, 3.05) is 5.73 Å². The van der Waals surface area contributed by atoms with Gasteiger partial charge >= 0.3 is 5.97 Å². The van der Waals surface area contributed by atoms with Gasteiger partial charge in [0.1, 0.15) is 5.75 Å². The molecule has 1 aliphatic carbocycles. The summed E-state index contributed by atoms with van der Waals surface area (Å²) in [5.74, 6) is 1.95. The van der Waals surface area contributed by atoms with E-state index in [0.29, 0.717) is 28.1 Å². The molecule has 1 aliphatic rings. The molecule has 3 aromatic rings. The maximum atomic E-state index is 12.9. The number of carbonyl (C=O) groups is 1. The Hall–Kier alpha value is -3.67. The average molecular weight is 627 g/mol. The normalized spacial score (nSPS) is 17.0. The molecule has 0 aromatic heterocycles. The number of nitro groups is 1. The van der Waals surface area contributed by atoms with Crippen LogP contribution in [0.4, 0.5) is 11.4 Å². The van der Waals surface area contributed by atoms with E-state index in [1.54, 1.807) is 36.4 Å². The van der Waals surface area contributed by atoms with Crippen LogP contribution in [0, 0.1) is 22.0 Å². The Morgan fingerprint density at radius 2 is 1.50 bits per heavy atom. The number of nitrogens with two attached hydrogens (primary N) is 1. The molecule has 0 saturated heterocycles. The number of ether oxygens (including phenoxy) is 1. The second-order valence-electron chi connectivity index (χ2n) is 13.5. The molecule has 0 aliphatic heterocycles. The van der Waals surface area contributed by atoms with Crippen LogP contribution in [-0.4, -0.2) is 10.9 Å². The third kappa shape index (κ3) is 10.2. The van der Waals surface area contributed by atoms with Crippen molar-refractivity contribution in [3.63, 3.8) is 0 Å². The molecule has 0 radical (unpaired) electrons. The van der Waals surface area contributed by atoms with Gasteiger partial charge in [0.15, 0.2) is 0 Å². The van der Waals surface area contributed by atoms with Crippen LogP contribution in [0.3, 0.4) is 0 Å². The Labute approximate surface area is 276 Å². The zero-order valence-corrected chi connectivity index (χ0v) is 28.3. The van der Waals surface area contributed by atoms with Crippen LogP contribution < -0.4 is 10.5 Å². The van der Waals surface area contributed by atoms with Crippen molar-refractivity contribution >= 4 is 17.3 Å². The summed E-state index contributed by atoms with van der Waals surface area (Å²) in [7, 11) is 0. The van der Waals surface area contributed by atoms with E-state index in [1.807, 2.05) is 12.1 Å². The molecule has 0 unspecified atom stereocenters. The molecular formula is C40H54N2O4. The fourth-order valence-corrected chi connectivity index (χ4v) is 7.00. The SMILES string of the molecule is CCCCCC[C@@H](C)c1cc([N+](=O)[O-])c(-c2ccc(C(=O)Oc3ccc(CC[C@H]4CC[C@H](CCCCC)CC4)cc3)cc2)cc1N. The number of hydrogen-bond donors (Lipinski definition) is 1. The zero-order valence-electron chi connectivity index (χ0n) is 28.3. The van der Waals surface area contributed by atoms with Gasteiger partial charge in [-0.15, -0.1) is 0 Å². The Morgan fingerprint density at radius 1 is 0.870 bits per heavy atom. The highest BCUT2D eigenvalue weighted by Crippen LogP contribution is 2.38. The Bertz CT molecular complexity index is 1390.